The molecule has 1 aliphatic rings. The van der Waals surface area contributed by atoms with Crippen LogP contribution < -0.4 is 5.32 Å². The van der Waals surface area contributed by atoms with Gasteiger partial charge in [-0.25, -0.2) is 0 Å². The molecule has 0 aromatic carbocycles. The molecule has 1 aromatic rings. The van der Waals surface area contributed by atoms with E-state index < -0.39 is 0 Å². The van der Waals surface area contributed by atoms with Gasteiger partial charge in [-0.05, 0) is 25.3 Å². The Hall–Kier alpha value is -0.780. The molecule has 7 heteroatoms. The highest BCUT2D eigenvalue weighted by atomic mass is 35.5. The van der Waals surface area contributed by atoms with Gasteiger partial charge in [0, 0.05) is 25.6 Å². The summed E-state index contributed by atoms with van der Waals surface area (Å²) in [5, 5.41) is 2.91. The van der Waals surface area contributed by atoms with Crippen LogP contribution in [-0.4, -0.2) is 36.3 Å². The molecular formula is C14H18Cl2N2O2S. The predicted octanol–water partition coefficient (Wildman–Crippen LogP) is 3.43. The highest BCUT2D eigenvalue weighted by molar-refractivity contribution is 7.20. The van der Waals surface area contributed by atoms with Crippen LogP contribution in [0.4, 0.5) is 0 Å². The zero-order chi connectivity index (χ0) is 15.4. The fourth-order valence-electron chi connectivity index (χ4n) is 2.39. The summed E-state index contributed by atoms with van der Waals surface area (Å²) < 4.78 is 0.935. The lowest BCUT2D eigenvalue weighted by molar-refractivity contribution is -0.126. The Balaban J connectivity index is 1.90. The van der Waals surface area contributed by atoms with Gasteiger partial charge in [0.1, 0.15) is 4.34 Å². The average molecular weight is 349 g/mol. The second-order valence-electron chi connectivity index (χ2n) is 5.10. The molecule has 21 heavy (non-hydrogen) atoms. The Kier molecular flexibility index (Phi) is 5.90. The molecular weight excluding hydrogens is 331 g/mol. The van der Waals surface area contributed by atoms with Crippen LogP contribution in [0.2, 0.25) is 8.67 Å². The van der Waals surface area contributed by atoms with Gasteiger partial charge in [-0.1, -0.05) is 30.1 Å². The molecule has 1 fully saturated rings. The van der Waals surface area contributed by atoms with Crippen LogP contribution in [0.3, 0.4) is 0 Å². The van der Waals surface area contributed by atoms with E-state index in [-0.39, 0.29) is 17.7 Å². The lowest BCUT2D eigenvalue weighted by Crippen LogP contribution is -2.43. The van der Waals surface area contributed by atoms with Crippen molar-refractivity contribution in [2.75, 3.05) is 19.6 Å². The van der Waals surface area contributed by atoms with E-state index in [0.717, 1.165) is 6.42 Å². The van der Waals surface area contributed by atoms with E-state index in [9.17, 15) is 9.59 Å². The molecule has 4 nitrogen and oxygen atoms in total. The van der Waals surface area contributed by atoms with E-state index in [1.165, 1.54) is 11.3 Å². The Morgan fingerprint density at radius 3 is 2.57 bits per heavy atom. The first-order chi connectivity index (χ1) is 10.0. The SMILES string of the molecule is CCCNC(=O)C1CCN(C(=O)c2cc(Cl)sc2Cl)CC1. The number of nitrogens with one attached hydrogen (secondary N) is 1. The van der Waals surface area contributed by atoms with E-state index in [1.807, 2.05) is 6.92 Å². The van der Waals surface area contributed by atoms with Crippen molar-refractivity contribution >= 4 is 46.4 Å². The number of hydrogen-bond donors (Lipinski definition) is 1. The molecule has 2 rings (SSSR count). The monoisotopic (exact) mass is 348 g/mol. The van der Waals surface area contributed by atoms with Gasteiger partial charge in [0.25, 0.3) is 5.91 Å². The summed E-state index contributed by atoms with van der Waals surface area (Å²) in [6, 6.07) is 1.61. The number of hydrogen-bond acceptors (Lipinski definition) is 3. The van der Waals surface area contributed by atoms with Crippen molar-refractivity contribution in [3.8, 4) is 0 Å². The van der Waals surface area contributed by atoms with Crippen molar-refractivity contribution < 1.29 is 9.59 Å². The maximum absolute atomic E-state index is 12.4. The van der Waals surface area contributed by atoms with E-state index in [1.54, 1.807) is 11.0 Å². The molecule has 1 aliphatic heterocycles. The Morgan fingerprint density at radius 2 is 2.05 bits per heavy atom. The smallest absolute Gasteiger partial charge is 0.256 e. The molecule has 1 aromatic heterocycles. The summed E-state index contributed by atoms with van der Waals surface area (Å²) in [5.41, 5.74) is 0.459. The summed E-state index contributed by atoms with van der Waals surface area (Å²) in [5.74, 6) is -0.00161. The maximum Gasteiger partial charge on any atom is 0.256 e. The summed E-state index contributed by atoms with van der Waals surface area (Å²) in [7, 11) is 0. The van der Waals surface area contributed by atoms with E-state index in [2.05, 4.69) is 5.32 Å². The number of thiophene rings is 1. The second-order valence-corrected chi connectivity index (χ2v) is 7.38. The van der Waals surface area contributed by atoms with Crippen molar-refractivity contribution in [2.24, 2.45) is 5.92 Å². The molecule has 2 amide bonds. The van der Waals surface area contributed by atoms with Gasteiger partial charge >= 0.3 is 0 Å². The second kappa shape index (κ2) is 7.47. The third-order valence-corrected chi connectivity index (χ3v) is 5.08. The largest absolute Gasteiger partial charge is 0.356 e. The zero-order valence-electron chi connectivity index (χ0n) is 11.8. The minimum absolute atomic E-state index is 0.00198. The summed E-state index contributed by atoms with van der Waals surface area (Å²) in [4.78, 5) is 26.0. The van der Waals surface area contributed by atoms with E-state index in [0.29, 0.717) is 46.7 Å². The third-order valence-electron chi connectivity index (χ3n) is 3.59. The normalized spacial score (nSPS) is 16.0. The molecule has 0 aliphatic carbocycles. The number of rotatable bonds is 4. The minimum atomic E-state index is -0.101. The molecule has 0 spiro atoms. The Labute approximate surface area is 138 Å². The summed E-state index contributed by atoms with van der Waals surface area (Å²) in [6.07, 6.45) is 2.31. The van der Waals surface area contributed by atoms with Crippen LogP contribution in [0.1, 0.15) is 36.5 Å². The van der Waals surface area contributed by atoms with Crippen LogP contribution >= 0.6 is 34.5 Å². The van der Waals surface area contributed by atoms with Crippen LogP contribution in [0.15, 0.2) is 6.07 Å². The Bertz CT molecular complexity index is 525. The van der Waals surface area contributed by atoms with Gasteiger partial charge in [0.05, 0.1) is 9.90 Å². The van der Waals surface area contributed by atoms with Crippen molar-refractivity contribution in [3.05, 3.63) is 20.3 Å². The molecule has 1 saturated heterocycles. The maximum atomic E-state index is 12.4. The molecule has 0 unspecified atom stereocenters. The first-order valence-electron chi connectivity index (χ1n) is 7.04. The van der Waals surface area contributed by atoms with Crippen molar-refractivity contribution in [2.45, 2.75) is 26.2 Å². The van der Waals surface area contributed by atoms with Gasteiger partial charge in [0.15, 0.2) is 0 Å². The highest BCUT2D eigenvalue weighted by Gasteiger charge is 2.28. The summed E-state index contributed by atoms with van der Waals surface area (Å²) >= 11 is 13.1. The lowest BCUT2D eigenvalue weighted by atomic mass is 9.95. The number of piperidine rings is 1. The first-order valence-corrected chi connectivity index (χ1v) is 8.62. The van der Waals surface area contributed by atoms with Gasteiger partial charge in [0.2, 0.25) is 5.91 Å². The first kappa shape index (κ1) is 16.6. The lowest BCUT2D eigenvalue weighted by Gasteiger charge is -2.31. The van der Waals surface area contributed by atoms with Crippen molar-refractivity contribution in [3.63, 3.8) is 0 Å². The molecule has 0 radical (unpaired) electrons. The molecule has 0 saturated carbocycles. The predicted molar refractivity (Wildman–Crippen MR) is 86.3 cm³/mol. The Morgan fingerprint density at radius 1 is 1.38 bits per heavy atom. The van der Waals surface area contributed by atoms with Gasteiger partial charge in [-0.2, -0.15) is 0 Å². The van der Waals surface area contributed by atoms with E-state index >= 15 is 0 Å². The number of halogens is 2. The number of amides is 2. The fourth-order valence-corrected chi connectivity index (χ4v) is 3.84. The van der Waals surface area contributed by atoms with Crippen molar-refractivity contribution in [1.29, 1.82) is 0 Å². The average Bonchev–Trinajstić information content (AvgIpc) is 2.83. The number of carbonyl (C=O) groups excluding carboxylic acids is 2. The number of nitrogens with zero attached hydrogens (tertiary/aromatic N) is 1. The standard InChI is InChI=1S/C14H18Cl2N2O2S/c1-2-5-17-13(19)9-3-6-18(7-4-9)14(20)10-8-11(15)21-12(10)16/h8-9H,2-7H2,1H3,(H,17,19). The summed E-state index contributed by atoms with van der Waals surface area (Å²) in [6.45, 7) is 3.89. The van der Waals surface area contributed by atoms with Crippen LogP contribution in [0.5, 0.6) is 0 Å². The molecule has 116 valence electrons. The van der Waals surface area contributed by atoms with Gasteiger partial charge in [-0.3, -0.25) is 9.59 Å². The zero-order valence-corrected chi connectivity index (χ0v) is 14.2. The van der Waals surface area contributed by atoms with Crippen LogP contribution in [-0.2, 0) is 4.79 Å². The van der Waals surface area contributed by atoms with Crippen LogP contribution in [0.25, 0.3) is 0 Å². The van der Waals surface area contributed by atoms with Gasteiger partial charge in [-0.15, -0.1) is 11.3 Å². The molecule has 0 atom stereocenters. The molecule has 1 N–H and O–H groups in total. The van der Waals surface area contributed by atoms with Crippen molar-refractivity contribution in [1.82, 2.24) is 10.2 Å². The van der Waals surface area contributed by atoms with Gasteiger partial charge < -0.3 is 10.2 Å². The topological polar surface area (TPSA) is 49.4 Å². The number of carbonyl (C=O) groups is 2. The van der Waals surface area contributed by atoms with Crippen LogP contribution in [0, 0.1) is 5.92 Å². The minimum Gasteiger partial charge on any atom is -0.356 e. The van der Waals surface area contributed by atoms with E-state index in [4.69, 9.17) is 23.2 Å². The quantitative estimate of drug-likeness (QED) is 0.905. The molecule has 0 bridgehead atoms. The number of likely N-dealkylation sites (tertiary alicyclic amines) is 1. The molecule has 2 heterocycles. The third kappa shape index (κ3) is 4.11. The fraction of sp³-hybridized carbons (Fsp3) is 0.571. The highest BCUT2D eigenvalue weighted by Crippen LogP contribution is 2.32.